The monoisotopic (exact) mass is 630 g/mol. The molecule has 0 bridgehead atoms. The molecule has 226 valence electrons. The van der Waals surface area contributed by atoms with Crippen LogP contribution >= 0.6 is 11.6 Å². The number of benzene rings is 1. The van der Waals surface area contributed by atoms with Gasteiger partial charge in [-0.2, -0.15) is 18.3 Å². The third kappa shape index (κ3) is 4.11. The molecule has 1 amide bonds. The van der Waals surface area contributed by atoms with Gasteiger partial charge in [0.15, 0.2) is 10.8 Å². The first-order valence-electron chi connectivity index (χ1n) is 13.3. The van der Waals surface area contributed by atoms with E-state index >= 15 is 8.78 Å². The molecule has 0 unspecified atom stereocenters. The molecule has 4 atom stereocenters. The summed E-state index contributed by atoms with van der Waals surface area (Å²) in [5, 5.41) is 6.37. The first-order chi connectivity index (χ1) is 19.4. The number of hydrogen-bond acceptors (Lipinski definition) is 6. The summed E-state index contributed by atoms with van der Waals surface area (Å²) in [6.45, 7) is 1.95. The Labute approximate surface area is 243 Å². The van der Waals surface area contributed by atoms with Gasteiger partial charge in [-0.15, -0.1) is 0 Å². The number of amides is 1. The summed E-state index contributed by atoms with van der Waals surface area (Å²) in [6.07, 6.45) is -0.961. The van der Waals surface area contributed by atoms with E-state index in [0.717, 1.165) is 11.4 Å². The first kappa shape index (κ1) is 29.1. The van der Waals surface area contributed by atoms with E-state index in [9.17, 15) is 22.2 Å². The van der Waals surface area contributed by atoms with E-state index in [-0.39, 0.29) is 45.5 Å². The molecule has 8 nitrogen and oxygen atoms in total. The van der Waals surface area contributed by atoms with Gasteiger partial charge in [-0.05, 0) is 50.3 Å². The summed E-state index contributed by atoms with van der Waals surface area (Å²) < 4.78 is 94.0. The maximum Gasteiger partial charge on any atom is 0.401 e. The van der Waals surface area contributed by atoms with Crippen LogP contribution in [0.15, 0.2) is 36.5 Å². The van der Waals surface area contributed by atoms with Crippen molar-refractivity contribution in [3.63, 3.8) is 0 Å². The van der Waals surface area contributed by atoms with Crippen LogP contribution in [0.3, 0.4) is 0 Å². The smallest absolute Gasteiger partial charge is 0.355 e. The van der Waals surface area contributed by atoms with Crippen molar-refractivity contribution in [1.82, 2.24) is 19.9 Å². The second-order valence-corrected chi connectivity index (χ2v) is 14.9. The maximum absolute atomic E-state index is 15.1. The molecule has 1 aromatic carbocycles. The number of nitrogens with one attached hydrogen (secondary N) is 2. The number of halogens is 6. The second kappa shape index (κ2) is 9.01. The van der Waals surface area contributed by atoms with Crippen molar-refractivity contribution in [2.75, 3.05) is 24.2 Å². The predicted octanol–water partition coefficient (Wildman–Crippen LogP) is 5.66. The van der Waals surface area contributed by atoms with E-state index < -0.39 is 51.0 Å². The summed E-state index contributed by atoms with van der Waals surface area (Å²) in [4.78, 5) is 18.5. The summed E-state index contributed by atoms with van der Waals surface area (Å²) in [5.74, 6) is -5.55. The highest BCUT2D eigenvalue weighted by Gasteiger charge is 2.82. The lowest BCUT2D eigenvalue weighted by Crippen LogP contribution is -2.43. The zero-order valence-electron chi connectivity index (χ0n) is 22.8. The van der Waals surface area contributed by atoms with Crippen molar-refractivity contribution in [2.45, 2.75) is 55.4 Å². The maximum atomic E-state index is 15.1. The molecule has 0 spiro atoms. The van der Waals surface area contributed by atoms with Gasteiger partial charge >= 0.3 is 6.18 Å². The van der Waals surface area contributed by atoms with Crippen LogP contribution in [0.5, 0.6) is 0 Å². The molecular formula is C27H28ClF5N6O2S. The normalized spacial score (nSPS) is 31.4. The lowest BCUT2D eigenvalue weighted by atomic mass is 9.84. The third-order valence-corrected chi connectivity index (χ3v) is 11.1. The van der Waals surface area contributed by atoms with Gasteiger partial charge in [0, 0.05) is 46.1 Å². The summed E-state index contributed by atoms with van der Waals surface area (Å²) in [7, 11) is -2.67. The Bertz CT molecular complexity index is 1710. The van der Waals surface area contributed by atoms with Crippen molar-refractivity contribution in [1.29, 1.82) is 4.78 Å². The van der Waals surface area contributed by atoms with Gasteiger partial charge in [-0.1, -0.05) is 23.7 Å². The number of nitrogens with zero attached hydrogens (tertiary/aromatic N) is 4. The van der Waals surface area contributed by atoms with Gasteiger partial charge < -0.3 is 10.2 Å². The van der Waals surface area contributed by atoms with Crippen LogP contribution in [-0.4, -0.2) is 61.4 Å². The molecular weight excluding hydrogens is 603 g/mol. The molecule has 2 N–H and O–H groups in total. The van der Waals surface area contributed by atoms with Crippen molar-refractivity contribution >= 4 is 44.3 Å². The minimum Gasteiger partial charge on any atom is -0.355 e. The van der Waals surface area contributed by atoms with E-state index in [1.165, 1.54) is 54.6 Å². The van der Waals surface area contributed by atoms with Crippen LogP contribution < -0.4 is 10.2 Å². The molecule has 2 aromatic heterocycles. The van der Waals surface area contributed by atoms with Crippen LogP contribution in [0, 0.1) is 16.1 Å². The van der Waals surface area contributed by atoms with Crippen LogP contribution in [0.4, 0.5) is 33.3 Å². The fourth-order valence-corrected chi connectivity index (χ4v) is 7.83. The highest BCUT2D eigenvalue weighted by molar-refractivity contribution is 7.92. The van der Waals surface area contributed by atoms with Gasteiger partial charge in [-0.3, -0.25) is 9.57 Å². The number of anilines is 2. The number of carbonyl (C=O) groups is 1. The van der Waals surface area contributed by atoms with Gasteiger partial charge in [0.1, 0.15) is 10.8 Å². The molecule has 15 heteroatoms. The molecule has 3 aliphatic rings. The molecule has 0 radical (unpaired) electrons. The van der Waals surface area contributed by atoms with Crippen molar-refractivity contribution in [2.24, 2.45) is 11.3 Å². The van der Waals surface area contributed by atoms with E-state index in [0.29, 0.717) is 18.5 Å². The first-order valence-corrected chi connectivity index (χ1v) is 15.7. The third-order valence-electron chi connectivity index (χ3n) is 9.29. The van der Waals surface area contributed by atoms with Gasteiger partial charge in [0.2, 0.25) is 5.91 Å². The zero-order valence-corrected chi connectivity index (χ0v) is 24.4. The fourth-order valence-electron chi connectivity index (χ4n) is 6.37. The highest BCUT2D eigenvalue weighted by Crippen LogP contribution is 2.71. The van der Waals surface area contributed by atoms with Crippen LogP contribution in [0.2, 0.25) is 5.15 Å². The Balaban J connectivity index is 1.23. The minimum absolute atomic E-state index is 0.00291. The largest absolute Gasteiger partial charge is 0.401 e. The number of alkyl halides is 5. The zero-order chi connectivity index (χ0) is 30.6. The second-order valence-electron chi connectivity index (χ2n) is 12.1. The molecule has 0 saturated heterocycles. The molecule has 2 aliphatic carbocycles. The number of aromatic nitrogens is 3. The summed E-state index contributed by atoms with van der Waals surface area (Å²) >= 11 is 5.96. The van der Waals surface area contributed by atoms with E-state index in [4.69, 9.17) is 16.4 Å². The predicted molar refractivity (Wildman–Crippen MR) is 147 cm³/mol. The summed E-state index contributed by atoms with van der Waals surface area (Å²) in [5.41, 5.74) is -3.59. The van der Waals surface area contributed by atoms with Gasteiger partial charge in [-0.25, -0.2) is 22.5 Å². The lowest BCUT2D eigenvalue weighted by Gasteiger charge is -2.35. The van der Waals surface area contributed by atoms with Gasteiger partial charge in [0.05, 0.1) is 23.5 Å². The Morgan fingerprint density at radius 2 is 1.86 bits per heavy atom. The van der Waals surface area contributed by atoms with Gasteiger partial charge in [0.25, 0.3) is 5.92 Å². The lowest BCUT2D eigenvalue weighted by molar-refractivity contribution is -0.181. The van der Waals surface area contributed by atoms with Crippen molar-refractivity contribution < 1.29 is 31.0 Å². The topological polar surface area (TPSA) is 103 Å². The van der Waals surface area contributed by atoms with E-state index in [2.05, 4.69) is 15.4 Å². The van der Waals surface area contributed by atoms with Crippen LogP contribution in [0.25, 0.3) is 5.65 Å². The Morgan fingerprint density at radius 1 is 1.21 bits per heavy atom. The minimum atomic E-state index is -4.65. The van der Waals surface area contributed by atoms with Crippen LogP contribution in [-0.2, 0) is 19.9 Å². The quantitative estimate of drug-likeness (QED) is 0.342. The molecule has 42 heavy (non-hydrogen) atoms. The molecule has 2 fully saturated rings. The highest BCUT2D eigenvalue weighted by atomic mass is 35.5. The molecule has 3 heterocycles. The number of fused-ring (bicyclic) bond motifs is 3. The fraction of sp³-hybridized carbons (Fsp3) is 0.519. The standard InChI is InChI=1S/C27H28ClF5N6O2S/c1-24(27(31,32)33)13-38(18-12-35-20-10-19(28)37-39(20)22(18)24)16-6-4-15(5-7-16)21-25(2,26(21,29)30)23(40)36-11-14-8-17(9-14)42(3,34)41/h4-7,10,12,14,17,21,34H,8-9,11,13H2,1-3H3,(H,36,40)/t14-,17-,21-,24-,25+,42+/m1/s1. The number of hydrogen-bond donors (Lipinski definition) is 2. The number of carbonyl (C=O) groups excluding carboxylic acids is 1. The molecule has 3 aromatic rings. The molecule has 2 saturated carbocycles. The number of rotatable bonds is 6. The van der Waals surface area contributed by atoms with E-state index in [1.54, 1.807) is 0 Å². The Kier molecular flexibility index (Phi) is 6.24. The Hall–Kier alpha value is -3.00. The van der Waals surface area contributed by atoms with Crippen LogP contribution in [0.1, 0.15) is 43.9 Å². The van der Waals surface area contributed by atoms with Crippen molar-refractivity contribution in [3.8, 4) is 0 Å². The summed E-state index contributed by atoms with van der Waals surface area (Å²) in [6, 6.07) is 7.11. The molecule has 6 rings (SSSR count). The van der Waals surface area contributed by atoms with Crippen molar-refractivity contribution in [3.05, 3.63) is 52.9 Å². The molecule has 1 aliphatic heterocycles. The average molecular weight is 631 g/mol. The SMILES string of the molecule is C[C@@]1(C(F)(F)F)CN(c2ccc([C@H]3C(F)(F)[C@]3(C)C(=O)NC[C@H]3C[C@H]([S@@](C)(=N)=O)C3)cc2)c2cnc3cc(Cl)nn3c21. The van der Waals surface area contributed by atoms with E-state index in [1.807, 2.05) is 0 Å². The Morgan fingerprint density at radius 3 is 2.45 bits per heavy atom. The average Bonchev–Trinajstić information content (AvgIpc) is 3.14.